The van der Waals surface area contributed by atoms with Gasteiger partial charge in [-0.1, -0.05) is 0 Å². The van der Waals surface area contributed by atoms with E-state index in [1.54, 1.807) is 0 Å². The summed E-state index contributed by atoms with van der Waals surface area (Å²) in [7, 11) is -1.11. The summed E-state index contributed by atoms with van der Waals surface area (Å²) < 4.78 is 25.7. The minimum atomic E-state index is -2.35. The SMILES string of the molecule is COC(=O)C1=CC(N)C(=S(=O)=O)C=C1. The van der Waals surface area contributed by atoms with E-state index in [2.05, 4.69) is 4.74 Å². The van der Waals surface area contributed by atoms with Crippen molar-refractivity contribution in [2.45, 2.75) is 6.04 Å². The molecule has 0 spiro atoms. The van der Waals surface area contributed by atoms with Gasteiger partial charge in [-0.15, -0.1) is 0 Å². The topological polar surface area (TPSA) is 86.5 Å². The first kappa shape index (κ1) is 10.7. The van der Waals surface area contributed by atoms with Crippen molar-refractivity contribution in [3.8, 4) is 0 Å². The Morgan fingerprint density at radius 3 is 2.57 bits per heavy atom. The summed E-state index contributed by atoms with van der Waals surface area (Å²) in [5.41, 5.74) is 5.76. The van der Waals surface area contributed by atoms with Crippen LogP contribution in [0.1, 0.15) is 0 Å². The van der Waals surface area contributed by atoms with Crippen LogP contribution in [0, 0.1) is 0 Å². The number of carbonyl (C=O) groups is 1. The lowest BCUT2D eigenvalue weighted by Gasteiger charge is -2.10. The zero-order valence-electron chi connectivity index (χ0n) is 7.43. The minimum Gasteiger partial charge on any atom is -0.465 e. The molecule has 5 nitrogen and oxygen atoms in total. The summed E-state index contributed by atoms with van der Waals surface area (Å²) in [5, 5.41) is 0. The predicted molar refractivity (Wildman–Crippen MR) is 51.1 cm³/mol. The summed E-state index contributed by atoms with van der Waals surface area (Å²) in [5.74, 6) is -0.535. The van der Waals surface area contributed by atoms with Crippen molar-refractivity contribution in [3.05, 3.63) is 23.8 Å². The third-order valence-corrected chi connectivity index (χ3v) is 2.52. The van der Waals surface area contributed by atoms with Gasteiger partial charge in [0.2, 0.25) is 10.3 Å². The monoisotopic (exact) mass is 215 g/mol. The Balaban J connectivity index is 3.05. The van der Waals surface area contributed by atoms with Crippen molar-refractivity contribution in [2.24, 2.45) is 5.73 Å². The van der Waals surface area contributed by atoms with Crippen molar-refractivity contribution in [1.82, 2.24) is 0 Å². The molecular formula is C8H9NO4S. The molecule has 0 aromatic rings. The molecule has 1 aliphatic carbocycles. The van der Waals surface area contributed by atoms with Gasteiger partial charge in [0, 0.05) is 0 Å². The molecule has 6 heteroatoms. The molecule has 1 unspecified atom stereocenters. The van der Waals surface area contributed by atoms with Crippen molar-refractivity contribution in [1.29, 1.82) is 0 Å². The molecule has 0 radical (unpaired) electrons. The Hall–Kier alpha value is -1.40. The van der Waals surface area contributed by atoms with Crippen LogP contribution in [0.2, 0.25) is 0 Å². The van der Waals surface area contributed by atoms with Crippen molar-refractivity contribution in [2.75, 3.05) is 7.11 Å². The molecule has 1 atom stereocenters. The maximum atomic E-state index is 11.0. The van der Waals surface area contributed by atoms with Crippen LogP contribution in [-0.4, -0.2) is 32.4 Å². The van der Waals surface area contributed by atoms with Crippen molar-refractivity contribution >= 4 is 21.1 Å². The number of esters is 1. The summed E-state index contributed by atoms with van der Waals surface area (Å²) in [6, 6.07) is -0.785. The molecule has 2 N–H and O–H groups in total. The molecule has 0 fully saturated rings. The van der Waals surface area contributed by atoms with Gasteiger partial charge in [-0.05, 0) is 18.2 Å². The maximum Gasteiger partial charge on any atom is 0.337 e. The lowest BCUT2D eigenvalue weighted by atomic mass is 10.0. The fourth-order valence-electron chi connectivity index (χ4n) is 1.03. The van der Waals surface area contributed by atoms with Gasteiger partial charge in [0.15, 0.2) is 0 Å². The van der Waals surface area contributed by atoms with Crippen molar-refractivity contribution < 1.29 is 17.9 Å². The van der Waals surface area contributed by atoms with Crippen LogP contribution in [0.4, 0.5) is 0 Å². The molecule has 0 heterocycles. The highest BCUT2D eigenvalue weighted by atomic mass is 32.2. The lowest BCUT2D eigenvalue weighted by molar-refractivity contribution is -0.135. The van der Waals surface area contributed by atoms with E-state index in [0.29, 0.717) is 0 Å². The van der Waals surface area contributed by atoms with Gasteiger partial charge in [-0.25, -0.2) is 4.79 Å². The van der Waals surface area contributed by atoms with E-state index in [9.17, 15) is 13.2 Å². The van der Waals surface area contributed by atoms with E-state index in [4.69, 9.17) is 5.73 Å². The van der Waals surface area contributed by atoms with Crippen LogP contribution < -0.4 is 5.73 Å². The first-order valence-electron chi connectivity index (χ1n) is 3.76. The average Bonchev–Trinajstić information content (AvgIpc) is 2.15. The number of methoxy groups -OCH3 is 1. The summed E-state index contributed by atoms with van der Waals surface area (Å²) in [6.45, 7) is 0. The first-order valence-corrected chi connectivity index (χ1v) is 4.83. The second-order valence-electron chi connectivity index (χ2n) is 2.61. The number of rotatable bonds is 1. The molecule has 0 bridgehead atoms. The van der Waals surface area contributed by atoms with Gasteiger partial charge < -0.3 is 10.5 Å². The van der Waals surface area contributed by atoms with E-state index in [1.807, 2.05) is 0 Å². The first-order chi connectivity index (χ1) is 6.56. The highest BCUT2D eigenvalue weighted by Gasteiger charge is 2.17. The molecule has 0 aliphatic heterocycles. The minimum absolute atomic E-state index is 0.0534. The predicted octanol–water partition coefficient (Wildman–Crippen LogP) is -0.966. The molecule has 0 saturated heterocycles. The van der Waals surface area contributed by atoms with E-state index < -0.39 is 22.3 Å². The van der Waals surface area contributed by atoms with Gasteiger partial charge in [-0.3, -0.25) is 0 Å². The second-order valence-corrected chi connectivity index (χ2v) is 3.55. The maximum absolute atomic E-state index is 11.0. The van der Waals surface area contributed by atoms with E-state index in [-0.39, 0.29) is 10.4 Å². The fourth-order valence-corrected chi connectivity index (χ4v) is 1.50. The van der Waals surface area contributed by atoms with Gasteiger partial charge >= 0.3 is 5.97 Å². The van der Waals surface area contributed by atoms with Gasteiger partial charge in [-0.2, -0.15) is 8.42 Å². The Kier molecular flexibility index (Phi) is 3.21. The third-order valence-electron chi connectivity index (χ3n) is 1.73. The zero-order valence-corrected chi connectivity index (χ0v) is 8.24. The number of ether oxygens (including phenoxy) is 1. The normalized spacial score (nSPS) is 20.3. The Bertz CT molecular complexity index is 436. The average molecular weight is 215 g/mol. The van der Waals surface area contributed by atoms with Crippen LogP contribution in [0.5, 0.6) is 0 Å². The number of hydrogen-bond acceptors (Lipinski definition) is 5. The van der Waals surface area contributed by atoms with Crippen LogP contribution in [0.15, 0.2) is 23.8 Å². The summed E-state index contributed by atoms with van der Waals surface area (Å²) in [4.78, 5) is 11.1. The molecule has 0 aromatic carbocycles. The number of carbonyl (C=O) groups excluding carboxylic acids is 1. The molecule has 14 heavy (non-hydrogen) atoms. The summed E-state index contributed by atoms with van der Waals surface area (Å²) >= 11 is 0. The Morgan fingerprint density at radius 2 is 2.14 bits per heavy atom. The molecule has 1 aliphatic rings. The van der Waals surface area contributed by atoms with E-state index in [1.165, 1.54) is 25.3 Å². The van der Waals surface area contributed by atoms with E-state index in [0.717, 1.165) is 0 Å². The largest absolute Gasteiger partial charge is 0.465 e. The molecule has 76 valence electrons. The highest BCUT2D eigenvalue weighted by Crippen LogP contribution is 2.08. The smallest absolute Gasteiger partial charge is 0.337 e. The zero-order chi connectivity index (χ0) is 10.7. The Morgan fingerprint density at radius 1 is 1.50 bits per heavy atom. The molecular weight excluding hydrogens is 206 g/mol. The lowest BCUT2D eigenvalue weighted by Crippen LogP contribution is -2.30. The molecule has 0 saturated carbocycles. The van der Waals surface area contributed by atoms with Crippen LogP contribution in [0.25, 0.3) is 0 Å². The number of nitrogens with two attached hydrogens (primary N) is 1. The third kappa shape index (κ3) is 2.09. The van der Waals surface area contributed by atoms with Gasteiger partial charge in [0.1, 0.15) is 0 Å². The molecule has 0 amide bonds. The standard InChI is InChI=1S/C8H9NO4S/c1-13-8(10)5-2-3-7(14(11)12)6(9)4-5/h2-4,6H,9H2,1H3. The fraction of sp³-hybridized carbons (Fsp3) is 0.250. The summed E-state index contributed by atoms with van der Waals surface area (Å²) in [6.07, 6.45) is 4.00. The Labute approximate surface area is 82.4 Å². The van der Waals surface area contributed by atoms with Gasteiger partial charge in [0.25, 0.3) is 0 Å². The molecule has 1 rings (SSSR count). The molecule has 0 aromatic heterocycles. The van der Waals surface area contributed by atoms with E-state index >= 15 is 0 Å². The van der Waals surface area contributed by atoms with Crippen LogP contribution in [0.3, 0.4) is 0 Å². The van der Waals surface area contributed by atoms with Crippen LogP contribution in [-0.2, 0) is 19.8 Å². The second kappa shape index (κ2) is 4.21. The van der Waals surface area contributed by atoms with Crippen LogP contribution >= 0.6 is 0 Å². The van der Waals surface area contributed by atoms with Crippen molar-refractivity contribution in [3.63, 3.8) is 0 Å². The number of hydrogen-bond donors (Lipinski definition) is 1. The highest BCUT2D eigenvalue weighted by molar-refractivity contribution is 7.73. The van der Waals surface area contributed by atoms with Gasteiger partial charge in [0.05, 0.1) is 23.6 Å². The quantitative estimate of drug-likeness (QED) is 0.449.